The van der Waals surface area contributed by atoms with E-state index in [4.69, 9.17) is 9.47 Å². The van der Waals surface area contributed by atoms with Crippen LogP contribution >= 0.6 is 0 Å². The van der Waals surface area contributed by atoms with Gasteiger partial charge in [-0.05, 0) is 36.2 Å². The maximum Gasteiger partial charge on any atom is 0.321 e. The number of nitrogens with one attached hydrogen (secondary N) is 1. The molecule has 6 heteroatoms. The Kier molecular flexibility index (Phi) is 6.19. The lowest BCUT2D eigenvalue weighted by Crippen LogP contribution is -2.49. The number of anilines is 1. The van der Waals surface area contributed by atoms with Gasteiger partial charge in [-0.15, -0.1) is 0 Å². The van der Waals surface area contributed by atoms with Crippen LogP contribution in [0.1, 0.15) is 11.1 Å². The molecule has 1 fully saturated rings. The molecule has 2 amide bonds. The Morgan fingerprint density at radius 2 is 1.70 bits per heavy atom. The molecule has 2 aromatic rings. The minimum atomic E-state index is -0.0323. The number of methoxy groups -OCH3 is 2. The summed E-state index contributed by atoms with van der Waals surface area (Å²) in [6.07, 6.45) is 0. The van der Waals surface area contributed by atoms with Crippen molar-refractivity contribution in [2.45, 2.75) is 13.5 Å². The summed E-state index contributed by atoms with van der Waals surface area (Å²) in [5.41, 5.74) is 3.11. The zero-order chi connectivity index (χ0) is 19.2. The Bertz CT molecular complexity index is 786. The SMILES string of the molecule is COc1ccc(CN2CCN(C(=O)Nc3ccccc3C)CC2)cc1OC. The highest BCUT2D eigenvalue weighted by Gasteiger charge is 2.21. The first kappa shape index (κ1) is 19.0. The van der Waals surface area contributed by atoms with Crippen molar-refractivity contribution in [3.8, 4) is 11.5 Å². The molecule has 0 aromatic heterocycles. The van der Waals surface area contributed by atoms with Gasteiger partial charge in [-0.1, -0.05) is 24.3 Å². The van der Waals surface area contributed by atoms with E-state index in [1.165, 1.54) is 5.56 Å². The number of carbonyl (C=O) groups excluding carboxylic acids is 1. The van der Waals surface area contributed by atoms with Crippen LogP contribution in [0.3, 0.4) is 0 Å². The molecule has 0 unspecified atom stereocenters. The van der Waals surface area contributed by atoms with E-state index in [0.29, 0.717) is 13.1 Å². The lowest BCUT2D eigenvalue weighted by atomic mass is 10.1. The summed E-state index contributed by atoms with van der Waals surface area (Å²) < 4.78 is 10.7. The lowest BCUT2D eigenvalue weighted by Gasteiger charge is -2.34. The van der Waals surface area contributed by atoms with E-state index in [0.717, 1.165) is 42.4 Å². The molecule has 1 N–H and O–H groups in total. The molecule has 3 rings (SSSR count). The summed E-state index contributed by atoms with van der Waals surface area (Å²) in [6.45, 7) is 5.94. The van der Waals surface area contributed by atoms with E-state index in [-0.39, 0.29) is 6.03 Å². The summed E-state index contributed by atoms with van der Waals surface area (Å²) >= 11 is 0. The third-order valence-electron chi connectivity index (χ3n) is 4.90. The molecular formula is C21H27N3O3. The van der Waals surface area contributed by atoms with E-state index in [1.807, 2.05) is 48.2 Å². The Labute approximate surface area is 160 Å². The van der Waals surface area contributed by atoms with E-state index >= 15 is 0 Å². The number of aryl methyl sites for hydroxylation is 1. The smallest absolute Gasteiger partial charge is 0.321 e. The number of piperazine rings is 1. The van der Waals surface area contributed by atoms with E-state index in [9.17, 15) is 4.79 Å². The number of benzene rings is 2. The normalized spacial score (nSPS) is 14.7. The van der Waals surface area contributed by atoms with Crippen molar-refractivity contribution in [2.24, 2.45) is 0 Å². The van der Waals surface area contributed by atoms with Crippen LogP contribution in [0.5, 0.6) is 11.5 Å². The second kappa shape index (κ2) is 8.77. The van der Waals surface area contributed by atoms with Crippen molar-refractivity contribution in [2.75, 3.05) is 45.7 Å². The average Bonchev–Trinajstić information content (AvgIpc) is 2.70. The van der Waals surface area contributed by atoms with Gasteiger partial charge in [-0.2, -0.15) is 0 Å². The van der Waals surface area contributed by atoms with Crippen LogP contribution in [-0.2, 0) is 6.54 Å². The van der Waals surface area contributed by atoms with Gasteiger partial charge >= 0.3 is 6.03 Å². The van der Waals surface area contributed by atoms with Crippen molar-refractivity contribution in [1.29, 1.82) is 0 Å². The van der Waals surface area contributed by atoms with Gasteiger partial charge in [0, 0.05) is 38.4 Å². The fourth-order valence-electron chi connectivity index (χ4n) is 3.25. The molecule has 0 aliphatic carbocycles. The van der Waals surface area contributed by atoms with Gasteiger partial charge in [-0.3, -0.25) is 4.90 Å². The minimum Gasteiger partial charge on any atom is -0.493 e. The fourth-order valence-corrected chi connectivity index (χ4v) is 3.25. The summed E-state index contributed by atoms with van der Waals surface area (Å²) in [5, 5.41) is 3.01. The van der Waals surface area contributed by atoms with Crippen molar-refractivity contribution in [3.63, 3.8) is 0 Å². The topological polar surface area (TPSA) is 54.0 Å². The summed E-state index contributed by atoms with van der Waals surface area (Å²) in [5.74, 6) is 1.48. The molecule has 1 heterocycles. The molecule has 0 saturated carbocycles. The minimum absolute atomic E-state index is 0.0323. The number of hydrogen-bond acceptors (Lipinski definition) is 4. The van der Waals surface area contributed by atoms with Crippen LogP contribution in [0, 0.1) is 6.92 Å². The largest absolute Gasteiger partial charge is 0.493 e. The van der Waals surface area contributed by atoms with Gasteiger partial charge < -0.3 is 19.7 Å². The molecule has 1 aliphatic heterocycles. The highest BCUT2D eigenvalue weighted by atomic mass is 16.5. The van der Waals surface area contributed by atoms with Crippen LogP contribution in [0.4, 0.5) is 10.5 Å². The number of amides is 2. The standard InChI is InChI=1S/C21H27N3O3/c1-16-6-4-5-7-18(16)22-21(25)24-12-10-23(11-13-24)15-17-8-9-19(26-2)20(14-17)27-3/h4-9,14H,10-13,15H2,1-3H3,(H,22,25). The van der Waals surface area contributed by atoms with E-state index in [1.54, 1.807) is 14.2 Å². The van der Waals surface area contributed by atoms with Crippen LogP contribution in [-0.4, -0.2) is 56.2 Å². The van der Waals surface area contributed by atoms with Crippen LogP contribution in [0.2, 0.25) is 0 Å². The van der Waals surface area contributed by atoms with Gasteiger partial charge in [0.25, 0.3) is 0 Å². The van der Waals surface area contributed by atoms with Gasteiger partial charge in [0.15, 0.2) is 11.5 Å². The summed E-state index contributed by atoms with van der Waals surface area (Å²) in [4.78, 5) is 16.7. The number of rotatable bonds is 5. The molecule has 2 aromatic carbocycles. The highest BCUT2D eigenvalue weighted by Crippen LogP contribution is 2.28. The fraction of sp³-hybridized carbons (Fsp3) is 0.381. The lowest BCUT2D eigenvalue weighted by molar-refractivity contribution is 0.143. The molecule has 144 valence electrons. The number of ether oxygens (including phenoxy) is 2. The first-order valence-electron chi connectivity index (χ1n) is 9.15. The van der Waals surface area contributed by atoms with Crippen LogP contribution in [0.25, 0.3) is 0 Å². The number of para-hydroxylation sites is 1. The van der Waals surface area contributed by atoms with E-state index < -0.39 is 0 Å². The maximum absolute atomic E-state index is 12.5. The van der Waals surface area contributed by atoms with Gasteiger partial charge in [0.1, 0.15) is 0 Å². The Hall–Kier alpha value is -2.73. The third-order valence-corrected chi connectivity index (χ3v) is 4.90. The molecule has 0 spiro atoms. The predicted octanol–water partition coefficient (Wildman–Crippen LogP) is 3.36. The van der Waals surface area contributed by atoms with Gasteiger partial charge in [-0.25, -0.2) is 4.79 Å². The first-order valence-corrected chi connectivity index (χ1v) is 9.15. The zero-order valence-corrected chi connectivity index (χ0v) is 16.2. The third kappa shape index (κ3) is 4.71. The highest BCUT2D eigenvalue weighted by molar-refractivity contribution is 5.90. The Balaban J connectivity index is 1.53. The maximum atomic E-state index is 12.5. The van der Waals surface area contributed by atoms with E-state index in [2.05, 4.69) is 16.3 Å². The number of hydrogen-bond donors (Lipinski definition) is 1. The first-order chi connectivity index (χ1) is 13.1. The second-order valence-corrected chi connectivity index (χ2v) is 6.70. The van der Waals surface area contributed by atoms with Crippen molar-refractivity contribution in [3.05, 3.63) is 53.6 Å². The summed E-state index contributed by atoms with van der Waals surface area (Å²) in [6, 6.07) is 13.8. The van der Waals surface area contributed by atoms with Crippen molar-refractivity contribution in [1.82, 2.24) is 9.80 Å². The Morgan fingerprint density at radius 1 is 1.00 bits per heavy atom. The van der Waals surface area contributed by atoms with Crippen LogP contribution in [0.15, 0.2) is 42.5 Å². The monoisotopic (exact) mass is 369 g/mol. The Morgan fingerprint density at radius 3 is 2.37 bits per heavy atom. The number of urea groups is 1. The van der Waals surface area contributed by atoms with Gasteiger partial charge in [0.2, 0.25) is 0 Å². The quantitative estimate of drug-likeness (QED) is 0.878. The second-order valence-electron chi connectivity index (χ2n) is 6.70. The van der Waals surface area contributed by atoms with Gasteiger partial charge in [0.05, 0.1) is 14.2 Å². The molecule has 6 nitrogen and oxygen atoms in total. The number of carbonyl (C=O) groups is 1. The molecule has 1 saturated heterocycles. The summed E-state index contributed by atoms with van der Waals surface area (Å²) in [7, 11) is 3.28. The average molecular weight is 369 g/mol. The predicted molar refractivity (Wildman–Crippen MR) is 107 cm³/mol. The molecule has 1 aliphatic rings. The molecular weight excluding hydrogens is 342 g/mol. The van der Waals surface area contributed by atoms with Crippen molar-refractivity contribution >= 4 is 11.7 Å². The molecule has 27 heavy (non-hydrogen) atoms. The molecule has 0 radical (unpaired) electrons. The zero-order valence-electron chi connectivity index (χ0n) is 16.2. The molecule has 0 bridgehead atoms. The van der Waals surface area contributed by atoms with Crippen molar-refractivity contribution < 1.29 is 14.3 Å². The molecule has 0 atom stereocenters. The van der Waals surface area contributed by atoms with Crippen LogP contribution < -0.4 is 14.8 Å². The number of nitrogens with zero attached hydrogens (tertiary/aromatic N) is 2.